The Kier molecular flexibility index (Phi) is 6.48. The van der Waals surface area contributed by atoms with Crippen molar-refractivity contribution in [2.75, 3.05) is 27.7 Å². The first-order valence-corrected chi connectivity index (χ1v) is 6.73. The van der Waals surface area contributed by atoms with E-state index in [1.165, 1.54) is 5.56 Å². The quantitative estimate of drug-likeness (QED) is 0.757. The fourth-order valence-electron chi connectivity index (χ4n) is 2.02. The molecule has 0 aromatic heterocycles. The molecule has 0 fully saturated rings. The lowest BCUT2D eigenvalue weighted by atomic mass is 9.98. The second-order valence-corrected chi connectivity index (χ2v) is 5.17. The van der Waals surface area contributed by atoms with Crippen LogP contribution in [0.4, 0.5) is 0 Å². The Hall–Kier alpha value is -1.59. The first-order chi connectivity index (χ1) is 9.43. The summed E-state index contributed by atoms with van der Waals surface area (Å²) in [4.78, 5) is 12.8. The van der Waals surface area contributed by atoms with E-state index in [9.17, 15) is 4.79 Å². The molecule has 1 aromatic carbocycles. The van der Waals surface area contributed by atoms with Crippen LogP contribution in [-0.2, 0) is 11.2 Å². The van der Waals surface area contributed by atoms with E-state index < -0.39 is 5.97 Å². The number of hydrogen-bond acceptors (Lipinski definition) is 4. The lowest BCUT2D eigenvalue weighted by molar-refractivity contribution is -0.137. The third-order valence-corrected chi connectivity index (χ3v) is 3.21. The van der Waals surface area contributed by atoms with E-state index in [4.69, 9.17) is 15.6 Å². The minimum absolute atomic E-state index is 0.0618. The molecule has 0 bridgehead atoms. The number of aliphatic carboxylic acids is 1. The normalized spacial score (nSPS) is 12.4. The second kappa shape index (κ2) is 7.87. The molecule has 1 atom stereocenters. The monoisotopic (exact) mass is 280 g/mol. The van der Waals surface area contributed by atoms with Crippen molar-refractivity contribution in [3.8, 4) is 5.75 Å². The zero-order chi connectivity index (χ0) is 15.1. The predicted molar refractivity (Wildman–Crippen MR) is 79.1 cm³/mol. The van der Waals surface area contributed by atoms with Gasteiger partial charge in [0.05, 0.1) is 7.11 Å². The molecule has 0 heterocycles. The topological polar surface area (TPSA) is 75.8 Å². The van der Waals surface area contributed by atoms with E-state index in [0.29, 0.717) is 6.42 Å². The summed E-state index contributed by atoms with van der Waals surface area (Å²) >= 11 is 0. The molecule has 1 unspecified atom stereocenters. The molecule has 5 nitrogen and oxygen atoms in total. The molecule has 0 aliphatic rings. The minimum atomic E-state index is -0.830. The van der Waals surface area contributed by atoms with Crippen molar-refractivity contribution in [3.05, 3.63) is 29.3 Å². The predicted octanol–water partition coefficient (Wildman–Crippen LogP) is 1.66. The van der Waals surface area contributed by atoms with Gasteiger partial charge in [0.25, 0.3) is 0 Å². The number of rotatable bonds is 8. The van der Waals surface area contributed by atoms with Crippen molar-refractivity contribution in [2.24, 2.45) is 5.73 Å². The fourth-order valence-corrected chi connectivity index (χ4v) is 2.02. The van der Waals surface area contributed by atoms with Crippen molar-refractivity contribution in [2.45, 2.75) is 25.3 Å². The van der Waals surface area contributed by atoms with Gasteiger partial charge in [-0.2, -0.15) is 0 Å². The third-order valence-electron chi connectivity index (χ3n) is 3.21. The van der Waals surface area contributed by atoms with Gasteiger partial charge in [0.1, 0.15) is 5.75 Å². The van der Waals surface area contributed by atoms with Crippen molar-refractivity contribution in [1.82, 2.24) is 4.90 Å². The molecule has 0 saturated heterocycles. The maximum atomic E-state index is 10.6. The maximum absolute atomic E-state index is 10.6. The number of nitrogens with two attached hydrogens (primary N) is 1. The standard InChI is InChI=1S/C15H24N2O3/c1-17(2)9-8-11-4-6-14(20-3)12(10-11)13(16)5-7-15(18)19/h4,6,10,13H,5,7-9,16H2,1-3H3,(H,18,19). The molecule has 5 heteroatoms. The van der Waals surface area contributed by atoms with Crippen LogP contribution < -0.4 is 10.5 Å². The molecule has 0 radical (unpaired) electrons. The largest absolute Gasteiger partial charge is 0.496 e. The van der Waals surface area contributed by atoms with Gasteiger partial charge in [0.2, 0.25) is 0 Å². The Morgan fingerprint density at radius 3 is 2.70 bits per heavy atom. The molecule has 0 amide bonds. The number of carbonyl (C=O) groups is 1. The molecule has 3 N–H and O–H groups in total. The number of carboxylic acids is 1. The Morgan fingerprint density at radius 1 is 1.45 bits per heavy atom. The van der Waals surface area contributed by atoms with Crippen LogP contribution in [0.3, 0.4) is 0 Å². The average molecular weight is 280 g/mol. The summed E-state index contributed by atoms with van der Waals surface area (Å²) in [6.07, 6.45) is 1.39. The van der Waals surface area contributed by atoms with Gasteiger partial charge >= 0.3 is 5.97 Å². The number of carboxylic acid groups (broad SMARTS) is 1. The van der Waals surface area contributed by atoms with Gasteiger partial charge < -0.3 is 20.5 Å². The van der Waals surface area contributed by atoms with Crippen LogP contribution >= 0.6 is 0 Å². The van der Waals surface area contributed by atoms with Crippen LogP contribution in [0, 0.1) is 0 Å². The number of likely N-dealkylation sites (N-methyl/N-ethyl adjacent to an activating group) is 1. The molecule has 0 aliphatic heterocycles. The van der Waals surface area contributed by atoms with Gasteiger partial charge in [0, 0.05) is 24.6 Å². The Bertz CT molecular complexity index is 447. The Morgan fingerprint density at radius 2 is 2.15 bits per heavy atom. The molecule has 1 aromatic rings. The Balaban J connectivity index is 2.84. The third kappa shape index (κ3) is 5.19. The van der Waals surface area contributed by atoms with Gasteiger partial charge in [-0.05, 0) is 38.6 Å². The lowest BCUT2D eigenvalue weighted by Crippen LogP contribution is -2.16. The smallest absolute Gasteiger partial charge is 0.303 e. The summed E-state index contributed by atoms with van der Waals surface area (Å²) in [6.45, 7) is 0.954. The summed E-state index contributed by atoms with van der Waals surface area (Å²) in [5, 5.41) is 8.74. The average Bonchev–Trinajstić information content (AvgIpc) is 2.42. The summed E-state index contributed by atoms with van der Waals surface area (Å²) in [5.41, 5.74) is 8.15. The van der Waals surface area contributed by atoms with Gasteiger partial charge in [-0.25, -0.2) is 0 Å². The highest BCUT2D eigenvalue weighted by atomic mass is 16.5. The van der Waals surface area contributed by atoms with Crippen LogP contribution in [0.15, 0.2) is 18.2 Å². The van der Waals surface area contributed by atoms with Crippen molar-refractivity contribution >= 4 is 5.97 Å². The molecule has 0 saturated carbocycles. The minimum Gasteiger partial charge on any atom is -0.496 e. The summed E-state index contributed by atoms with van der Waals surface area (Å²) in [6, 6.07) is 5.63. The lowest BCUT2D eigenvalue weighted by Gasteiger charge is -2.17. The molecule has 112 valence electrons. The van der Waals surface area contributed by atoms with E-state index in [-0.39, 0.29) is 12.5 Å². The highest BCUT2D eigenvalue weighted by molar-refractivity contribution is 5.66. The fraction of sp³-hybridized carbons (Fsp3) is 0.533. The van der Waals surface area contributed by atoms with Crippen LogP contribution in [0.1, 0.15) is 30.0 Å². The van der Waals surface area contributed by atoms with Crippen LogP contribution in [0.25, 0.3) is 0 Å². The molecule has 20 heavy (non-hydrogen) atoms. The van der Waals surface area contributed by atoms with E-state index in [1.807, 2.05) is 32.3 Å². The van der Waals surface area contributed by atoms with Crippen LogP contribution in [-0.4, -0.2) is 43.7 Å². The molecular weight excluding hydrogens is 256 g/mol. The van der Waals surface area contributed by atoms with Crippen LogP contribution in [0.2, 0.25) is 0 Å². The number of ether oxygens (including phenoxy) is 1. The van der Waals surface area contributed by atoms with Crippen molar-refractivity contribution in [3.63, 3.8) is 0 Å². The van der Waals surface area contributed by atoms with Crippen LogP contribution in [0.5, 0.6) is 5.75 Å². The zero-order valence-electron chi connectivity index (χ0n) is 12.4. The van der Waals surface area contributed by atoms with Gasteiger partial charge in [-0.3, -0.25) is 4.79 Å². The summed E-state index contributed by atoms with van der Waals surface area (Å²) < 4.78 is 5.32. The number of hydrogen-bond donors (Lipinski definition) is 2. The number of benzene rings is 1. The van der Waals surface area contributed by atoms with E-state index in [0.717, 1.165) is 24.3 Å². The highest BCUT2D eigenvalue weighted by Crippen LogP contribution is 2.27. The molecular formula is C15H24N2O3. The Labute approximate surface area is 120 Å². The highest BCUT2D eigenvalue weighted by Gasteiger charge is 2.14. The van der Waals surface area contributed by atoms with Gasteiger partial charge in [0.15, 0.2) is 0 Å². The number of nitrogens with zero attached hydrogens (tertiary/aromatic N) is 1. The van der Waals surface area contributed by atoms with Crippen molar-refractivity contribution in [1.29, 1.82) is 0 Å². The zero-order valence-corrected chi connectivity index (χ0v) is 12.4. The second-order valence-electron chi connectivity index (χ2n) is 5.17. The maximum Gasteiger partial charge on any atom is 0.303 e. The first-order valence-electron chi connectivity index (χ1n) is 6.73. The first kappa shape index (κ1) is 16.5. The molecule has 1 rings (SSSR count). The van der Waals surface area contributed by atoms with Crippen molar-refractivity contribution < 1.29 is 14.6 Å². The van der Waals surface area contributed by atoms with E-state index >= 15 is 0 Å². The number of methoxy groups -OCH3 is 1. The van der Waals surface area contributed by atoms with E-state index in [2.05, 4.69) is 4.90 Å². The molecule has 0 spiro atoms. The molecule has 0 aliphatic carbocycles. The van der Waals surface area contributed by atoms with E-state index in [1.54, 1.807) is 7.11 Å². The van der Waals surface area contributed by atoms with Gasteiger partial charge in [-0.15, -0.1) is 0 Å². The summed E-state index contributed by atoms with van der Waals surface area (Å²) in [7, 11) is 5.66. The SMILES string of the molecule is COc1ccc(CCN(C)C)cc1C(N)CCC(=O)O. The summed E-state index contributed by atoms with van der Waals surface area (Å²) in [5.74, 6) is -0.111. The van der Waals surface area contributed by atoms with Gasteiger partial charge in [-0.1, -0.05) is 12.1 Å².